The van der Waals surface area contributed by atoms with Gasteiger partial charge in [0, 0.05) is 17.4 Å². The molecule has 1 heterocycles. The summed E-state index contributed by atoms with van der Waals surface area (Å²) in [4.78, 5) is 8.84. The van der Waals surface area contributed by atoms with E-state index in [1.165, 1.54) is 0 Å². The van der Waals surface area contributed by atoms with Crippen LogP contribution >= 0.6 is 0 Å². The Hall–Kier alpha value is -3.39. The number of aromatic nitrogens is 2. The van der Waals surface area contributed by atoms with Crippen LogP contribution in [0.5, 0.6) is 0 Å². The second-order valence-corrected chi connectivity index (χ2v) is 5.44. The molecule has 0 saturated heterocycles. The van der Waals surface area contributed by atoms with Crippen molar-refractivity contribution >= 4 is 23.0 Å². The molecular formula is C19H17N5. The zero-order valence-electron chi connectivity index (χ0n) is 13.5. The molecular weight excluding hydrogens is 298 g/mol. The maximum Gasteiger partial charge on any atom is 0.136 e. The van der Waals surface area contributed by atoms with Crippen LogP contribution in [-0.4, -0.2) is 9.97 Å². The zero-order chi connectivity index (χ0) is 16.9. The van der Waals surface area contributed by atoms with Crippen molar-refractivity contribution in [3.63, 3.8) is 0 Å². The number of para-hydroxylation sites is 1. The van der Waals surface area contributed by atoms with Gasteiger partial charge < -0.3 is 10.6 Å². The van der Waals surface area contributed by atoms with Crippen LogP contribution in [0.25, 0.3) is 0 Å². The summed E-state index contributed by atoms with van der Waals surface area (Å²) < 4.78 is 0. The van der Waals surface area contributed by atoms with Crippen LogP contribution in [0.15, 0.2) is 54.6 Å². The molecule has 0 bridgehead atoms. The molecule has 2 aromatic carbocycles. The van der Waals surface area contributed by atoms with Crippen molar-refractivity contribution in [3.05, 3.63) is 71.5 Å². The van der Waals surface area contributed by atoms with Gasteiger partial charge in [0.2, 0.25) is 0 Å². The normalized spacial score (nSPS) is 10.0. The van der Waals surface area contributed by atoms with Crippen molar-refractivity contribution in [2.45, 2.75) is 13.8 Å². The number of nitrogens with one attached hydrogen (secondary N) is 2. The monoisotopic (exact) mass is 315 g/mol. The second kappa shape index (κ2) is 6.80. The van der Waals surface area contributed by atoms with Crippen LogP contribution in [0.1, 0.15) is 17.0 Å². The van der Waals surface area contributed by atoms with Crippen molar-refractivity contribution in [2.75, 3.05) is 10.6 Å². The molecule has 0 spiro atoms. The Morgan fingerprint density at radius 1 is 0.875 bits per heavy atom. The average molecular weight is 315 g/mol. The molecule has 0 aliphatic heterocycles. The summed E-state index contributed by atoms with van der Waals surface area (Å²) in [5, 5.41) is 15.4. The van der Waals surface area contributed by atoms with E-state index in [1.54, 1.807) is 12.1 Å². The minimum Gasteiger partial charge on any atom is -0.340 e. The minimum absolute atomic E-state index is 0.626. The third-order valence-electron chi connectivity index (χ3n) is 3.53. The van der Waals surface area contributed by atoms with Crippen LogP contribution < -0.4 is 10.6 Å². The molecule has 1 aromatic heterocycles. The average Bonchev–Trinajstić information content (AvgIpc) is 2.57. The first-order valence-corrected chi connectivity index (χ1v) is 7.59. The van der Waals surface area contributed by atoms with E-state index in [0.717, 1.165) is 22.8 Å². The third-order valence-corrected chi connectivity index (χ3v) is 3.53. The molecule has 5 nitrogen and oxygen atoms in total. The molecule has 118 valence electrons. The summed E-state index contributed by atoms with van der Waals surface area (Å²) in [6.07, 6.45) is 0. The van der Waals surface area contributed by atoms with Gasteiger partial charge in [-0.25, -0.2) is 9.97 Å². The maximum absolute atomic E-state index is 8.85. The van der Waals surface area contributed by atoms with Gasteiger partial charge in [-0.2, -0.15) is 5.26 Å². The molecule has 0 amide bonds. The number of nitrogens with zero attached hydrogens (tertiary/aromatic N) is 3. The van der Waals surface area contributed by atoms with E-state index in [1.807, 2.05) is 56.3 Å². The van der Waals surface area contributed by atoms with Gasteiger partial charge in [-0.15, -0.1) is 0 Å². The quantitative estimate of drug-likeness (QED) is 0.744. The molecule has 0 fully saturated rings. The van der Waals surface area contributed by atoms with E-state index in [0.29, 0.717) is 17.2 Å². The Kier molecular flexibility index (Phi) is 4.39. The Morgan fingerprint density at radius 2 is 1.54 bits per heavy atom. The smallest absolute Gasteiger partial charge is 0.136 e. The van der Waals surface area contributed by atoms with Gasteiger partial charge in [-0.1, -0.05) is 18.2 Å². The first kappa shape index (κ1) is 15.5. The number of hydrogen-bond donors (Lipinski definition) is 2. The predicted molar refractivity (Wildman–Crippen MR) is 95.7 cm³/mol. The summed E-state index contributed by atoms with van der Waals surface area (Å²) in [5.74, 6) is 2.10. The number of hydrogen-bond acceptors (Lipinski definition) is 5. The van der Waals surface area contributed by atoms with Gasteiger partial charge >= 0.3 is 0 Å². The summed E-state index contributed by atoms with van der Waals surface area (Å²) in [7, 11) is 0. The Morgan fingerprint density at radius 3 is 2.21 bits per heavy atom. The highest BCUT2D eigenvalue weighted by Gasteiger charge is 2.05. The Balaban J connectivity index is 1.83. The van der Waals surface area contributed by atoms with E-state index in [2.05, 4.69) is 26.7 Å². The van der Waals surface area contributed by atoms with Crippen LogP contribution in [-0.2, 0) is 0 Å². The summed E-state index contributed by atoms with van der Waals surface area (Å²) in [6, 6.07) is 19.3. The van der Waals surface area contributed by atoms with Gasteiger partial charge in [0.25, 0.3) is 0 Å². The highest BCUT2D eigenvalue weighted by Crippen LogP contribution is 2.22. The molecule has 3 aromatic rings. The first-order valence-electron chi connectivity index (χ1n) is 7.59. The van der Waals surface area contributed by atoms with E-state index in [4.69, 9.17) is 5.26 Å². The zero-order valence-corrected chi connectivity index (χ0v) is 13.5. The van der Waals surface area contributed by atoms with E-state index < -0.39 is 0 Å². The highest BCUT2D eigenvalue weighted by atomic mass is 15.1. The molecule has 0 atom stereocenters. The van der Waals surface area contributed by atoms with Crippen molar-refractivity contribution in [3.8, 4) is 6.07 Å². The lowest BCUT2D eigenvalue weighted by Gasteiger charge is -2.11. The van der Waals surface area contributed by atoms with E-state index >= 15 is 0 Å². The molecule has 0 unspecified atom stereocenters. The molecule has 3 rings (SSSR count). The highest BCUT2D eigenvalue weighted by molar-refractivity contribution is 5.65. The van der Waals surface area contributed by atoms with Gasteiger partial charge in [0.15, 0.2) is 0 Å². The summed E-state index contributed by atoms with van der Waals surface area (Å²) >= 11 is 0. The molecule has 2 N–H and O–H groups in total. The lowest BCUT2D eigenvalue weighted by atomic mass is 10.2. The molecule has 5 heteroatoms. The fraction of sp³-hybridized carbons (Fsp3) is 0.105. The van der Waals surface area contributed by atoms with Crippen LogP contribution in [0.3, 0.4) is 0 Å². The SMILES string of the molecule is Cc1nc(Nc2ccc(C#N)cc2)cc(Nc2ccccc2C)n1. The largest absolute Gasteiger partial charge is 0.340 e. The third kappa shape index (κ3) is 3.68. The van der Waals surface area contributed by atoms with Crippen molar-refractivity contribution in [2.24, 2.45) is 0 Å². The standard InChI is InChI=1S/C19H17N5/c1-13-5-3-4-6-17(13)24-19-11-18(21-14(2)22-19)23-16-9-7-15(12-20)8-10-16/h3-11H,1-2H3,(H2,21,22,23,24). The number of rotatable bonds is 4. The van der Waals surface area contributed by atoms with Gasteiger partial charge in [0.05, 0.1) is 11.6 Å². The number of benzene rings is 2. The molecule has 0 aliphatic rings. The number of nitriles is 1. The Labute approximate surface area is 141 Å². The van der Waals surface area contributed by atoms with Crippen molar-refractivity contribution in [1.29, 1.82) is 5.26 Å². The fourth-order valence-corrected chi connectivity index (χ4v) is 2.32. The van der Waals surface area contributed by atoms with Gasteiger partial charge in [0.1, 0.15) is 17.5 Å². The predicted octanol–water partition coefficient (Wildman–Crippen LogP) is 4.45. The van der Waals surface area contributed by atoms with Gasteiger partial charge in [-0.3, -0.25) is 0 Å². The minimum atomic E-state index is 0.626. The van der Waals surface area contributed by atoms with Gasteiger partial charge in [-0.05, 0) is 49.7 Å². The van der Waals surface area contributed by atoms with Crippen LogP contribution in [0, 0.1) is 25.2 Å². The molecule has 0 radical (unpaired) electrons. The second-order valence-electron chi connectivity index (χ2n) is 5.44. The van der Waals surface area contributed by atoms with Crippen LogP contribution in [0.2, 0.25) is 0 Å². The lowest BCUT2D eigenvalue weighted by molar-refractivity contribution is 1.06. The first-order chi connectivity index (χ1) is 11.6. The maximum atomic E-state index is 8.85. The summed E-state index contributed by atoms with van der Waals surface area (Å²) in [6.45, 7) is 3.90. The summed E-state index contributed by atoms with van der Waals surface area (Å²) in [5.41, 5.74) is 3.66. The molecule has 24 heavy (non-hydrogen) atoms. The fourth-order valence-electron chi connectivity index (χ4n) is 2.32. The lowest BCUT2D eigenvalue weighted by Crippen LogP contribution is -2.02. The molecule has 0 aliphatic carbocycles. The molecule has 0 saturated carbocycles. The number of aryl methyl sites for hydroxylation is 2. The Bertz CT molecular complexity index is 894. The number of anilines is 4. The van der Waals surface area contributed by atoms with E-state index in [9.17, 15) is 0 Å². The van der Waals surface area contributed by atoms with Crippen LogP contribution in [0.4, 0.5) is 23.0 Å². The van der Waals surface area contributed by atoms with E-state index in [-0.39, 0.29) is 0 Å². The van der Waals surface area contributed by atoms with Crippen molar-refractivity contribution < 1.29 is 0 Å². The van der Waals surface area contributed by atoms with Crippen molar-refractivity contribution in [1.82, 2.24) is 9.97 Å². The topological polar surface area (TPSA) is 73.6 Å².